The molecule has 112 valence electrons. The highest BCUT2D eigenvalue weighted by Gasteiger charge is 2.28. The minimum Gasteiger partial charge on any atom is -0.264 e. The van der Waals surface area contributed by atoms with Crippen LogP contribution in [0.5, 0.6) is 0 Å². The number of pyridine rings is 1. The van der Waals surface area contributed by atoms with Gasteiger partial charge in [0.05, 0.1) is 0 Å². The molecular formula is C14H23N3O2S. The molecule has 0 unspecified atom stereocenters. The van der Waals surface area contributed by atoms with Gasteiger partial charge < -0.3 is 0 Å². The first-order chi connectivity index (χ1) is 9.63. The molecule has 0 bridgehead atoms. The van der Waals surface area contributed by atoms with E-state index in [1.165, 1.54) is 0 Å². The summed E-state index contributed by atoms with van der Waals surface area (Å²) in [5.41, 5.74) is 0.934. The third-order valence-electron chi connectivity index (χ3n) is 3.63. The van der Waals surface area contributed by atoms with Gasteiger partial charge in [-0.15, -0.1) is 0 Å². The Morgan fingerprint density at radius 1 is 1.40 bits per heavy atom. The Kier molecular flexibility index (Phi) is 5.51. The average molecular weight is 297 g/mol. The Morgan fingerprint density at radius 2 is 2.15 bits per heavy atom. The minimum atomic E-state index is -3.38. The highest BCUT2D eigenvalue weighted by atomic mass is 32.2. The summed E-state index contributed by atoms with van der Waals surface area (Å²) in [5.74, 6) is 0. The lowest BCUT2D eigenvalue weighted by atomic mass is 10.0. The fourth-order valence-electron chi connectivity index (χ4n) is 2.47. The van der Waals surface area contributed by atoms with Crippen LogP contribution in [-0.4, -0.2) is 30.8 Å². The van der Waals surface area contributed by atoms with Crippen LogP contribution < -0.4 is 4.72 Å². The summed E-state index contributed by atoms with van der Waals surface area (Å²) in [4.78, 5) is 4.09. The molecule has 20 heavy (non-hydrogen) atoms. The van der Waals surface area contributed by atoms with E-state index in [2.05, 4.69) is 16.6 Å². The first-order valence-corrected chi connectivity index (χ1v) is 8.75. The van der Waals surface area contributed by atoms with Crippen molar-refractivity contribution in [1.29, 1.82) is 0 Å². The van der Waals surface area contributed by atoms with Crippen molar-refractivity contribution in [2.75, 3.05) is 13.1 Å². The summed E-state index contributed by atoms with van der Waals surface area (Å²) in [7, 11) is -3.38. The van der Waals surface area contributed by atoms with E-state index in [4.69, 9.17) is 0 Å². The lowest BCUT2D eigenvalue weighted by molar-refractivity contribution is 0.444. The van der Waals surface area contributed by atoms with Gasteiger partial charge in [-0.05, 0) is 30.9 Å². The molecule has 2 rings (SSSR count). The fourth-order valence-corrected chi connectivity index (χ4v) is 3.97. The molecule has 1 atom stereocenters. The summed E-state index contributed by atoms with van der Waals surface area (Å²) < 4.78 is 29.1. The fraction of sp³-hybridized carbons (Fsp3) is 0.643. The summed E-state index contributed by atoms with van der Waals surface area (Å²) >= 11 is 0. The first-order valence-electron chi connectivity index (χ1n) is 7.31. The molecule has 1 aliphatic rings. The molecule has 0 amide bonds. The zero-order valence-corrected chi connectivity index (χ0v) is 12.8. The monoisotopic (exact) mass is 297 g/mol. The number of nitrogens with zero attached hydrogens (tertiary/aromatic N) is 2. The lowest BCUT2D eigenvalue weighted by Gasteiger charge is -2.23. The SMILES string of the molecule is CCCC[C@H](NS(=O)(=O)N1CCCC1)c1cccnc1. The molecule has 1 aromatic rings. The third kappa shape index (κ3) is 4.01. The van der Waals surface area contributed by atoms with Gasteiger partial charge in [-0.3, -0.25) is 4.98 Å². The van der Waals surface area contributed by atoms with Crippen molar-refractivity contribution < 1.29 is 8.42 Å². The Bertz CT molecular complexity index is 498. The van der Waals surface area contributed by atoms with Crippen LogP contribution in [-0.2, 0) is 10.2 Å². The van der Waals surface area contributed by atoms with Crippen LogP contribution in [0.4, 0.5) is 0 Å². The van der Waals surface area contributed by atoms with Crippen LogP contribution in [0.1, 0.15) is 50.6 Å². The second-order valence-corrected chi connectivity index (χ2v) is 6.91. The number of unbranched alkanes of at least 4 members (excludes halogenated alkanes) is 1. The third-order valence-corrected chi connectivity index (χ3v) is 5.26. The average Bonchev–Trinajstić information content (AvgIpc) is 2.99. The van der Waals surface area contributed by atoms with Gasteiger partial charge in [0.2, 0.25) is 0 Å². The second-order valence-electron chi connectivity index (χ2n) is 5.21. The van der Waals surface area contributed by atoms with Crippen LogP contribution in [0, 0.1) is 0 Å². The van der Waals surface area contributed by atoms with Gasteiger partial charge in [0.15, 0.2) is 0 Å². The maximum atomic E-state index is 12.4. The van der Waals surface area contributed by atoms with Crippen molar-refractivity contribution in [3.63, 3.8) is 0 Å². The Morgan fingerprint density at radius 3 is 2.75 bits per heavy atom. The zero-order chi connectivity index (χ0) is 14.4. The van der Waals surface area contributed by atoms with Crippen molar-refractivity contribution in [2.24, 2.45) is 0 Å². The summed E-state index contributed by atoms with van der Waals surface area (Å²) in [5, 5.41) is 0. The van der Waals surface area contributed by atoms with Crippen LogP contribution in [0.2, 0.25) is 0 Å². The topological polar surface area (TPSA) is 62.3 Å². The summed E-state index contributed by atoms with van der Waals surface area (Å²) in [6.07, 6.45) is 8.18. The van der Waals surface area contributed by atoms with Crippen LogP contribution in [0.15, 0.2) is 24.5 Å². The van der Waals surface area contributed by atoms with E-state index < -0.39 is 10.2 Å². The molecule has 1 N–H and O–H groups in total. The molecule has 2 heterocycles. The zero-order valence-electron chi connectivity index (χ0n) is 12.0. The van der Waals surface area contributed by atoms with Crippen molar-refractivity contribution in [3.05, 3.63) is 30.1 Å². The van der Waals surface area contributed by atoms with Crippen LogP contribution in [0.3, 0.4) is 0 Å². The van der Waals surface area contributed by atoms with Crippen LogP contribution in [0.25, 0.3) is 0 Å². The van der Waals surface area contributed by atoms with E-state index in [0.717, 1.165) is 37.7 Å². The van der Waals surface area contributed by atoms with Crippen molar-refractivity contribution in [1.82, 2.24) is 14.0 Å². The molecule has 6 heteroatoms. The quantitative estimate of drug-likeness (QED) is 0.839. The number of rotatable bonds is 7. The van der Waals surface area contributed by atoms with Gasteiger partial charge in [0.25, 0.3) is 10.2 Å². The van der Waals surface area contributed by atoms with Gasteiger partial charge in [0.1, 0.15) is 0 Å². The van der Waals surface area contributed by atoms with E-state index in [0.29, 0.717) is 13.1 Å². The highest BCUT2D eigenvalue weighted by Crippen LogP contribution is 2.21. The molecule has 0 aromatic carbocycles. The number of aromatic nitrogens is 1. The van der Waals surface area contributed by atoms with E-state index in [9.17, 15) is 8.42 Å². The van der Waals surface area contributed by atoms with Gasteiger partial charge in [-0.2, -0.15) is 17.4 Å². The van der Waals surface area contributed by atoms with Gasteiger partial charge in [-0.25, -0.2) is 0 Å². The first kappa shape index (κ1) is 15.4. The molecule has 5 nitrogen and oxygen atoms in total. The second kappa shape index (κ2) is 7.15. The number of nitrogens with one attached hydrogen (secondary N) is 1. The summed E-state index contributed by atoms with van der Waals surface area (Å²) in [6, 6.07) is 3.59. The minimum absolute atomic E-state index is 0.186. The Hall–Kier alpha value is -0.980. The highest BCUT2D eigenvalue weighted by molar-refractivity contribution is 7.87. The van der Waals surface area contributed by atoms with Gasteiger partial charge in [0, 0.05) is 31.5 Å². The lowest BCUT2D eigenvalue weighted by Crippen LogP contribution is -2.40. The standard InChI is InChI=1S/C14H23N3O2S/c1-2-3-8-14(13-7-6-9-15-12-13)16-20(18,19)17-10-4-5-11-17/h6-7,9,12,14,16H,2-5,8,10-11H2,1H3/t14-/m0/s1. The normalized spacial score (nSPS) is 18.2. The number of hydrogen-bond acceptors (Lipinski definition) is 3. The molecule has 0 aliphatic carbocycles. The molecule has 1 saturated heterocycles. The maximum absolute atomic E-state index is 12.4. The van der Waals surface area contributed by atoms with E-state index in [-0.39, 0.29) is 6.04 Å². The Labute approximate surface area is 121 Å². The van der Waals surface area contributed by atoms with E-state index in [1.807, 2.05) is 12.1 Å². The Balaban J connectivity index is 2.11. The summed E-state index contributed by atoms with van der Waals surface area (Å²) in [6.45, 7) is 3.36. The molecule has 0 saturated carbocycles. The largest absolute Gasteiger partial charge is 0.280 e. The van der Waals surface area contributed by atoms with Crippen molar-refractivity contribution in [2.45, 2.75) is 45.1 Å². The van der Waals surface area contributed by atoms with Gasteiger partial charge >= 0.3 is 0 Å². The molecule has 1 aliphatic heterocycles. The van der Waals surface area contributed by atoms with E-state index >= 15 is 0 Å². The molecule has 0 spiro atoms. The predicted octanol–water partition coefficient (Wildman–Crippen LogP) is 2.24. The molecular weight excluding hydrogens is 274 g/mol. The predicted molar refractivity (Wildman–Crippen MR) is 79.4 cm³/mol. The molecule has 0 radical (unpaired) electrons. The van der Waals surface area contributed by atoms with E-state index in [1.54, 1.807) is 16.7 Å². The van der Waals surface area contributed by atoms with Crippen molar-refractivity contribution in [3.8, 4) is 0 Å². The maximum Gasteiger partial charge on any atom is 0.280 e. The van der Waals surface area contributed by atoms with Crippen molar-refractivity contribution >= 4 is 10.2 Å². The smallest absolute Gasteiger partial charge is 0.264 e. The van der Waals surface area contributed by atoms with Crippen LogP contribution >= 0.6 is 0 Å². The number of hydrogen-bond donors (Lipinski definition) is 1. The molecule has 1 fully saturated rings. The van der Waals surface area contributed by atoms with Gasteiger partial charge in [-0.1, -0.05) is 25.8 Å². The molecule has 1 aromatic heterocycles.